The Morgan fingerprint density at radius 1 is 0.889 bits per heavy atom. The van der Waals surface area contributed by atoms with E-state index < -0.39 is 0 Å². The van der Waals surface area contributed by atoms with Gasteiger partial charge < -0.3 is 0 Å². The highest BCUT2D eigenvalue weighted by Crippen LogP contribution is 2.10. The van der Waals surface area contributed by atoms with E-state index in [1.165, 1.54) is 64.5 Å². The van der Waals surface area contributed by atoms with Crippen LogP contribution < -0.4 is 0 Å². The van der Waals surface area contributed by atoms with Crippen molar-refractivity contribution >= 4 is 0 Å². The molecule has 1 unspecified atom stereocenters. The molecule has 0 saturated heterocycles. The van der Waals surface area contributed by atoms with E-state index >= 15 is 0 Å². The van der Waals surface area contributed by atoms with Crippen molar-refractivity contribution in [1.29, 1.82) is 5.26 Å². The molecule has 18 heavy (non-hydrogen) atoms. The third kappa shape index (κ3) is 9.48. The lowest BCUT2D eigenvalue weighted by molar-refractivity contribution is 0.202. The number of unbranched alkanes of at least 4 members (excludes halogenated alkanes) is 6. The summed E-state index contributed by atoms with van der Waals surface area (Å²) >= 11 is 0. The summed E-state index contributed by atoms with van der Waals surface area (Å²) in [5, 5.41) is 8.83. The van der Waals surface area contributed by atoms with Crippen molar-refractivity contribution in [3.63, 3.8) is 0 Å². The second-order valence-electron chi connectivity index (χ2n) is 5.37. The molecule has 0 aromatic carbocycles. The van der Waals surface area contributed by atoms with E-state index in [0.717, 1.165) is 0 Å². The van der Waals surface area contributed by atoms with Crippen molar-refractivity contribution < 1.29 is 0 Å². The van der Waals surface area contributed by atoms with Crippen molar-refractivity contribution in [1.82, 2.24) is 4.90 Å². The number of hydrogen-bond acceptors (Lipinski definition) is 2. The van der Waals surface area contributed by atoms with Crippen molar-refractivity contribution in [2.45, 2.75) is 84.6 Å². The van der Waals surface area contributed by atoms with Crippen LogP contribution in [0.5, 0.6) is 0 Å². The quantitative estimate of drug-likeness (QED) is 0.469. The van der Waals surface area contributed by atoms with Gasteiger partial charge in [0.15, 0.2) is 0 Å². The molecular formula is C16H32N2. The second-order valence-corrected chi connectivity index (χ2v) is 5.37. The van der Waals surface area contributed by atoms with Crippen molar-refractivity contribution in [3.05, 3.63) is 0 Å². The van der Waals surface area contributed by atoms with Gasteiger partial charge in [-0.1, -0.05) is 52.4 Å². The highest BCUT2D eigenvalue weighted by atomic mass is 15.1. The number of nitriles is 1. The molecule has 0 amide bonds. The van der Waals surface area contributed by atoms with Gasteiger partial charge in [-0.05, 0) is 32.9 Å². The van der Waals surface area contributed by atoms with Gasteiger partial charge in [0, 0.05) is 6.04 Å². The zero-order chi connectivity index (χ0) is 13.6. The molecule has 2 nitrogen and oxygen atoms in total. The Morgan fingerprint density at radius 2 is 1.39 bits per heavy atom. The van der Waals surface area contributed by atoms with Gasteiger partial charge in [0.05, 0.1) is 12.5 Å². The molecule has 0 rings (SSSR count). The van der Waals surface area contributed by atoms with Crippen LogP contribution in [0, 0.1) is 11.3 Å². The highest BCUT2D eigenvalue weighted by molar-refractivity contribution is 4.79. The normalized spacial score (nSPS) is 12.6. The Hall–Kier alpha value is -0.550. The summed E-state index contributed by atoms with van der Waals surface area (Å²) in [6.45, 7) is 9.05. The molecule has 0 heterocycles. The predicted octanol–water partition coefficient (Wildman–Crippen LogP) is 4.75. The largest absolute Gasteiger partial charge is 0.300 e. The zero-order valence-corrected chi connectivity index (χ0v) is 12.7. The van der Waals surface area contributed by atoms with E-state index in [2.05, 4.69) is 31.7 Å². The van der Waals surface area contributed by atoms with Crippen LogP contribution in [0.1, 0.15) is 78.6 Å². The lowest BCUT2D eigenvalue weighted by atomic mass is 10.1. The summed E-state index contributed by atoms with van der Waals surface area (Å²) in [6.07, 6.45) is 11.2. The van der Waals surface area contributed by atoms with Crippen LogP contribution in [0.25, 0.3) is 0 Å². The summed E-state index contributed by atoms with van der Waals surface area (Å²) in [6, 6.07) is 2.74. The van der Waals surface area contributed by atoms with E-state index in [1.54, 1.807) is 0 Å². The summed E-state index contributed by atoms with van der Waals surface area (Å²) in [7, 11) is 0. The van der Waals surface area contributed by atoms with E-state index in [1.807, 2.05) is 0 Å². The Kier molecular flexibility index (Phi) is 12.5. The maximum Gasteiger partial charge on any atom is 0.0638 e. The molecule has 0 aliphatic heterocycles. The van der Waals surface area contributed by atoms with Gasteiger partial charge in [-0.25, -0.2) is 0 Å². The second kappa shape index (κ2) is 12.9. The first-order valence-corrected chi connectivity index (χ1v) is 7.87. The predicted molar refractivity (Wildman–Crippen MR) is 79.5 cm³/mol. The third-order valence-corrected chi connectivity index (χ3v) is 3.61. The van der Waals surface area contributed by atoms with Gasteiger partial charge in [0.1, 0.15) is 0 Å². The van der Waals surface area contributed by atoms with Crippen LogP contribution in [0.3, 0.4) is 0 Å². The fraction of sp³-hybridized carbons (Fsp3) is 0.938. The molecule has 0 bridgehead atoms. The maximum atomic E-state index is 8.83. The van der Waals surface area contributed by atoms with Crippen molar-refractivity contribution in [2.24, 2.45) is 0 Å². The minimum Gasteiger partial charge on any atom is -0.300 e. The van der Waals surface area contributed by atoms with Crippen molar-refractivity contribution in [2.75, 3.05) is 13.1 Å². The smallest absolute Gasteiger partial charge is 0.0638 e. The van der Waals surface area contributed by atoms with Gasteiger partial charge in [0.2, 0.25) is 0 Å². The fourth-order valence-electron chi connectivity index (χ4n) is 2.30. The molecule has 2 heteroatoms. The Bertz CT molecular complexity index is 196. The number of nitrogens with zero attached hydrogens (tertiary/aromatic N) is 2. The average Bonchev–Trinajstić information content (AvgIpc) is 2.37. The van der Waals surface area contributed by atoms with Crippen LogP contribution in [0.15, 0.2) is 0 Å². The van der Waals surface area contributed by atoms with E-state index in [0.29, 0.717) is 12.5 Å². The standard InChI is InChI=1S/C16H32N2/c1-4-6-8-10-14-18(16(3)12-13-17)15-11-9-7-5-2/h16H,4-12,14-15H2,1-3H3. The molecule has 0 fully saturated rings. The molecule has 0 radical (unpaired) electrons. The Balaban J connectivity index is 3.88. The summed E-state index contributed by atoms with van der Waals surface area (Å²) in [5.74, 6) is 0. The van der Waals surface area contributed by atoms with Gasteiger partial charge in [0.25, 0.3) is 0 Å². The zero-order valence-electron chi connectivity index (χ0n) is 12.7. The molecule has 0 aromatic heterocycles. The monoisotopic (exact) mass is 252 g/mol. The van der Waals surface area contributed by atoms with Gasteiger partial charge in [-0.3, -0.25) is 4.90 Å². The molecule has 0 aliphatic carbocycles. The van der Waals surface area contributed by atoms with E-state index in [4.69, 9.17) is 5.26 Å². The van der Waals surface area contributed by atoms with Crippen LogP contribution in [-0.4, -0.2) is 24.0 Å². The van der Waals surface area contributed by atoms with Crippen molar-refractivity contribution in [3.8, 4) is 6.07 Å². The Labute approximate surface area is 114 Å². The molecule has 0 N–H and O–H groups in total. The first kappa shape index (κ1) is 17.4. The maximum absolute atomic E-state index is 8.83. The highest BCUT2D eigenvalue weighted by Gasteiger charge is 2.12. The SMILES string of the molecule is CCCCCCN(CCCCCC)C(C)CC#N. The van der Waals surface area contributed by atoms with E-state index in [-0.39, 0.29) is 0 Å². The fourth-order valence-corrected chi connectivity index (χ4v) is 2.30. The lowest BCUT2D eigenvalue weighted by Crippen LogP contribution is -2.34. The Morgan fingerprint density at radius 3 is 1.78 bits per heavy atom. The molecule has 0 saturated carbocycles. The first-order chi connectivity index (χ1) is 8.76. The minimum atomic E-state index is 0.429. The summed E-state index contributed by atoms with van der Waals surface area (Å²) < 4.78 is 0. The van der Waals surface area contributed by atoms with Gasteiger partial charge in [-0.2, -0.15) is 5.26 Å². The average molecular weight is 252 g/mol. The van der Waals surface area contributed by atoms with Crippen LogP contribution >= 0.6 is 0 Å². The van der Waals surface area contributed by atoms with Crippen LogP contribution in [0.4, 0.5) is 0 Å². The molecule has 0 aliphatic rings. The van der Waals surface area contributed by atoms with Gasteiger partial charge in [-0.15, -0.1) is 0 Å². The van der Waals surface area contributed by atoms with Crippen LogP contribution in [-0.2, 0) is 0 Å². The molecule has 106 valence electrons. The van der Waals surface area contributed by atoms with E-state index in [9.17, 15) is 0 Å². The summed E-state index contributed by atoms with van der Waals surface area (Å²) in [5.41, 5.74) is 0. The van der Waals surface area contributed by atoms with Gasteiger partial charge >= 0.3 is 0 Å². The summed E-state index contributed by atoms with van der Waals surface area (Å²) in [4.78, 5) is 2.52. The number of rotatable bonds is 12. The van der Waals surface area contributed by atoms with Crippen LogP contribution in [0.2, 0.25) is 0 Å². The topological polar surface area (TPSA) is 27.0 Å². The molecular weight excluding hydrogens is 220 g/mol. The molecule has 0 spiro atoms. The third-order valence-electron chi connectivity index (χ3n) is 3.61. The first-order valence-electron chi connectivity index (χ1n) is 7.87. The molecule has 0 aromatic rings. The number of hydrogen-bond donors (Lipinski definition) is 0. The lowest BCUT2D eigenvalue weighted by Gasteiger charge is -2.27. The minimum absolute atomic E-state index is 0.429. The molecule has 1 atom stereocenters.